The van der Waals surface area contributed by atoms with E-state index >= 15 is 0 Å². The first-order valence-electron chi connectivity index (χ1n) is 10.5. The standard InChI is InChI=1S/C21H29N3O5S3/c1-16(2)20(23-31(26,27)19-11-8-14-30-19)21(25)22-15-17-9-4-5-10-18(17)32(28,29)24-12-6-3-7-13-24/h4-5,8-11,14,16,20,23H,3,6-7,12-13,15H2,1-2H3,(H,22,25). The topological polar surface area (TPSA) is 113 Å². The quantitative estimate of drug-likeness (QED) is 0.551. The molecule has 2 N–H and O–H groups in total. The highest BCUT2D eigenvalue weighted by atomic mass is 32.2. The molecule has 1 amide bonds. The molecule has 32 heavy (non-hydrogen) atoms. The van der Waals surface area contributed by atoms with Crippen LogP contribution in [0.3, 0.4) is 0 Å². The molecule has 0 spiro atoms. The average Bonchev–Trinajstić information content (AvgIpc) is 3.32. The molecule has 1 atom stereocenters. The van der Waals surface area contributed by atoms with Crippen LogP contribution in [0.1, 0.15) is 38.7 Å². The summed E-state index contributed by atoms with van der Waals surface area (Å²) in [6.07, 6.45) is 2.68. The number of amides is 1. The predicted molar refractivity (Wildman–Crippen MR) is 124 cm³/mol. The molecule has 1 aliphatic rings. The zero-order valence-electron chi connectivity index (χ0n) is 18.2. The molecule has 1 aromatic carbocycles. The van der Waals surface area contributed by atoms with Crippen molar-refractivity contribution in [2.45, 2.75) is 54.8 Å². The van der Waals surface area contributed by atoms with Crippen LogP contribution in [0.25, 0.3) is 0 Å². The van der Waals surface area contributed by atoms with Gasteiger partial charge in [0, 0.05) is 19.6 Å². The molecule has 3 rings (SSSR count). The van der Waals surface area contributed by atoms with Crippen molar-refractivity contribution in [3.63, 3.8) is 0 Å². The molecular formula is C21H29N3O5S3. The number of piperidine rings is 1. The third-order valence-corrected chi connectivity index (χ3v) is 10.2. The van der Waals surface area contributed by atoms with Crippen molar-refractivity contribution in [1.29, 1.82) is 0 Å². The van der Waals surface area contributed by atoms with Gasteiger partial charge in [-0.1, -0.05) is 44.5 Å². The Kier molecular flexibility index (Phi) is 8.10. The number of sulfonamides is 2. The second-order valence-corrected chi connectivity index (χ2v) is 12.9. The first kappa shape index (κ1) is 24.8. The predicted octanol–water partition coefficient (Wildman–Crippen LogP) is 2.54. The van der Waals surface area contributed by atoms with E-state index in [4.69, 9.17) is 0 Å². The summed E-state index contributed by atoms with van der Waals surface area (Å²) in [6, 6.07) is 8.70. The molecule has 1 fully saturated rings. The van der Waals surface area contributed by atoms with E-state index < -0.39 is 32.0 Å². The SMILES string of the molecule is CC(C)C(NS(=O)(=O)c1cccs1)C(=O)NCc1ccccc1S(=O)(=O)N1CCCCC1. The zero-order valence-corrected chi connectivity index (χ0v) is 20.6. The van der Waals surface area contributed by atoms with Crippen molar-refractivity contribution < 1.29 is 21.6 Å². The van der Waals surface area contributed by atoms with Gasteiger partial charge in [0.1, 0.15) is 10.3 Å². The van der Waals surface area contributed by atoms with Gasteiger partial charge in [0.15, 0.2) is 0 Å². The zero-order chi connectivity index (χ0) is 23.4. The van der Waals surface area contributed by atoms with E-state index in [1.165, 1.54) is 10.4 Å². The second-order valence-electron chi connectivity index (χ2n) is 8.07. The second kappa shape index (κ2) is 10.4. The molecule has 0 saturated carbocycles. The van der Waals surface area contributed by atoms with Crippen LogP contribution in [0.15, 0.2) is 50.9 Å². The Morgan fingerprint density at radius 1 is 1.03 bits per heavy atom. The normalized spacial score (nSPS) is 16.7. The summed E-state index contributed by atoms with van der Waals surface area (Å²) in [5.74, 6) is -0.817. The summed E-state index contributed by atoms with van der Waals surface area (Å²) in [6.45, 7) is 4.45. The minimum atomic E-state index is -3.83. The number of carbonyl (C=O) groups is 1. The van der Waals surface area contributed by atoms with E-state index in [-0.39, 0.29) is 21.6 Å². The molecular weight excluding hydrogens is 470 g/mol. The van der Waals surface area contributed by atoms with E-state index in [9.17, 15) is 21.6 Å². The van der Waals surface area contributed by atoms with Crippen molar-refractivity contribution in [3.05, 3.63) is 47.3 Å². The number of rotatable bonds is 9. The fourth-order valence-corrected chi connectivity index (χ4v) is 7.66. The van der Waals surface area contributed by atoms with E-state index in [0.29, 0.717) is 18.7 Å². The summed E-state index contributed by atoms with van der Waals surface area (Å²) in [5, 5.41) is 4.37. The van der Waals surface area contributed by atoms with Gasteiger partial charge in [0.25, 0.3) is 10.0 Å². The molecule has 0 radical (unpaired) electrons. The van der Waals surface area contributed by atoms with Gasteiger partial charge in [-0.3, -0.25) is 4.79 Å². The van der Waals surface area contributed by atoms with Crippen molar-refractivity contribution >= 4 is 37.3 Å². The van der Waals surface area contributed by atoms with E-state index in [1.54, 1.807) is 49.6 Å². The highest BCUT2D eigenvalue weighted by molar-refractivity contribution is 7.91. The molecule has 2 heterocycles. The maximum Gasteiger partial charge on any atom is 0.250 e. The van der Waals surface area contributed by atoms with E-state index in [2.05, 4.69) is 10.0 Å². The van der Waals surface area contributed by atoms with Crippen LogP contribution in [-0.4, -0.2) is 46.2 Å². The lowest BCUT2D eigenvalue weighted by Crippen LogP contribution is -2.49. The third kappa shape index (κ3) is 5.76. The summed E-state index contributed by atoms with van der Waals surface area (Å²) in [7, 11) is -7.49. The van der Waals surface area contributed by atoms with Crippen molar-refractivity contribution in [2.75, 3.05) is 13.1 Å². The van der Waals surface area contributed by atoms with Gasteiger partial charge in [-0.25, -0.2) is 16.8 Å². The van der Waals surface area contributed by atoms with E-state index in [1.807, 2.05) is 0 Å². The van der Waals surface area contributed by atoms with Gasteiger partial charge in [-0.05, 0) is 41.8 Å². The van der Waals surface area contributed by atoms with Crippen molar-refractivity contribution in [1.82, 2.24) is 14.3 Å². The van der Waals surface area contributed by atoms with Gasteiger partial charge in [-0.2, -0.15) is 9.03 Å². The molecule has 1 aliphatic heterocycles. The number of nitrogens with zero attached hydrogens (tertiary/aromatic N) is 1. The Morgan fingerprint density at radius 2 is 1.72 bits per heavy atom. The molecule has 8 nitrogen and oxygen atoms in total. The van der Waals surface area contributed by atoms with Crippen LogP contribution < -0.4 is 10.0 Å². The summed E-state index contributed by atoms with van der Waals surface area (Å²) >= 11 is 1.07. The minimum absolute atomic E-state index is 0.0218. The average molecular weight is 500 g/mol. The maximum absolute atomic E-state index is 13.1. The lowest BCUT2D eigenvalue weighted by atomic mass is 10.0. The van der Waals surface area contributed by atoms with Crippen LogP contribution in [0.4, 0.5) is 0 Å². The van der Waals surface area contributed by atoms with Gasteiger partial charge in [0.05, 0.1) is 4.90 Å². The lowest BCUT2D eigenvalue weighted by Gasteiger charge is -2.27. The number of carbonyl (C=O) groups excluding carboxylic acids is 1. The number of hydrogen-bond acceptors (Lipinski definition) is 6. The van der Waals surface area contributed by atoms with Gasteiger partial charge < -0.3 is 5.32 Å². The Labute approximate surface area is 194 Å². The molecule has 0 aliphatic carbocycles. The highest BCUT2D eigenvalue weighted by Crippen LogP contribution is 2.24. The minimum Gasteiger partial charge on any atom is -0.351 e. The number of thiophene rings is 1. The number of benzene rings is 1. The number of nitrogens with one attached hydrogen (secondary N) is 2. The monoisotopic (exact) mass is 499 g/mol. The Morgan fingerprint density at radius 3 is 2.34 bits per heavy atom. The highest BCUT2D eigenvalue weighted by Gasteiger charge is 2.30. The van der Waals surface area contributed by atoms with Crippen LogP contribution in [0, 0.1) is 5.92 Å². The van der Waals surface area contributed by atoms with Gasteiger partial charge >= 0.3 is 0 Å². The Bertz CT molecular complexity index is 1120. The molecule has 1 saturated heterocycles. The molecule has 11 heteroatoms. The summed E-state index contributed by atoms with van der Waals surface area (Å²) in [5.41, 5.74) is 0.468. The summed E-state index contributed by atoms with van der Waals surface area (Å²) in [4.78, 5) is 13.0. The fourth-order valence-electron chi connectivity index (χ4n) is 3.57. The largest absolute Gasteiger partial charge is 0.351 e. The summed E-state index contributed by atoms with van der Waals surface area (Å²) < 4.78 is 55.5. The van der Waals surface area contributed by atoms with Crippen LogP contribution >= 0.6 is 11.3 Å². The van der Waals surface area contributed by atoms with Gasteiger partial charge in [-0.15, -0.1) is 11.3 Å². The number of hydrogen-bond donors (Lipinski definition) is 2. The lowest BCUT2D eigenvalue weighted by molar-refractivity contribution is -0.123. The first-order chi connectivity index (χ1) is 15.1. The molecule has 1 aromatic heterocycles. The smallest absolute Gasteiger partial charge is 0.250 e. The third-order valence-electron chi connectivity index (χ3n) is 5.35. The Hall–Kier alpha value is -1.79. The maximum atomic E-state index is 13.1. The van der Waals surface area contributed by atoms with Gasteiger partial charge in [0.2, 0.25) is 15.9 Å². The first-order valence-corrected chi connectivity index (χ1v) is 14.3. The molecule has 2 aromatic rings. The van der Waals surface area contributed by atoms with Crippen molar-refractivity contribution in [3.8, 4) is 0 Å². The van der Waals surface area contributed by atoms with Crippen LogP contribution in [-0.2, 0) is 31.4 Å². The van der Waals surface area contributed by atoms with Crippen molar-refractivity contribution in [2.24, 2.45) is 5.92 Å². The molecule has 0 bridgehead atoms. The Balaban J connectivity index is 1.75. The molecule has 1 unspecified atom stereocenters. The van der Waals surface area contributed by atoms with E-state index in [0.717, 1.165) is 30.6 Å². The van der Waals surface area contributed by atoms with Crippen LogP contribution in [0.5, 0.6) is 0 Å². The molecule has 176 valence electrons. The fraction of sp³-hybridized carbons (Fsp3) is 0.476. The van der Waals surface area contributed by atoms with Crippen LogP contribution in [0.2, 0.25) is 0 Å².